The first-order chi connectivity index (χ1) is 9.27. The SMILES string of the molecule is COCCCN(C)C(=O)c1ccc(S(=O)(=O)Cl)cc1F. The third-order valence-corrected chi connectivity index (χ3v) is 3.99. The fourth-order valence-corrected chi connectivity index (χ4v) is 2.34. The highest BCUT2D eigenvalue weighted by atomic mass is 35.7. The summed E-state index contributed by atoms with van der Waals surface area (Å²) >= 11 is 0. The van der Waals surface area contributed by atoms with Crippen LogP contribution in [0.5, 0.6) is 0 Å². The Morgan fingerprint density at radius 3 is 2.60 bits per heavy atom. The van der Waals surface area contributed by atoms with Crippen molar-refractivity contribution >= 4 is 25.6 Å². The Balaban J connectivity index is 2.89. The fourth-order valence-electron chi connectivity index (χ4n) is 1.57. The summed E-state index contributed by atoms with van der Waals surface area (Å²) in [6.07, 6.45) is 0.620. The van der Waals surface area contributed by atoms with Crippen molar-refractivity contribution < 1.29 is 22.3 Å². The number of halogens is 2. The zero-order valence-corrected chi connectivity index (χ0v) is 12.7. The van der Waals surface area contributed by atoms with Crippen LogP contribution >= 0.6 is 10.7 Å². The molecule has 0 aromatic heterocycles. The monoisotopic (exact) mass is 323 g/mol. The Morgan fingerprint density at radius 1 is 1.45 bits per heavy atom. The van der Waals surface area contributed by atoms with E-state index in [0.717, 1.165) is 18.2 Å². The number of methoxy groups -OCH3 is 1. The molecule has 0 saturated heterocycles. The van der Waals surface area contributed by atoms with Crippen LogP contribution in [0.25, 0.3) is 0 Å². The summed E-state index contributed by atoms with van der Waals surface area (Å²) in [7, 11) is 4.17. The Kier molecular flexibility index (Phi) is 5.91. The second-order valence-electron chi connectivity index (χ2n) is 4.15. The molecule has 1 amide bonds. The Morgan fingerprint density at radius 2 is 2.10 bits per heavy atom. The van der Waals surface area contributed by atoms with Gasteiger partial charge in [0.05, 0.1) is 10.5 Å². The van der Waals surface area contributed by atoms with Crippen LogP contribution in [0.1, 0.15) is 16.8 Å². The number of carbonyl (C=O) groups is 1. The van der Waals surface area contributed by atoms with E-state index in [1.165, 1.54) is 11.9 Å². The smallest absolute Gasteiger partial charge is 0.261 e. The van der Waals surface area contributed by atoms with Gasteiger partial charge in [0.2, 0.25) is 0 Å². The molecule has 0 saturated carbocycles. The van der Waals surface area contributed by atoms with Gasteiger partial charge in [0.15, 0.2) is 0 Å². The fraction of sp³-hybridized carbons (Fsp3) is 0.417. The Hall–Kier alpha value is -1.18. The normalized spacial score (nSPS) is 11.4. The first-order valence-electron chi connectivity index (χ1n) is 5.76. The average molecular weight is 324 g/mol. The summed E-state index contributed by atoms with van der Waals surface area (Å²) in [5.41, 5.74) is -0.200. The number of benzene rings is 1. The van der Waals surface area contributed by atoms with Crippen LogP contribution < -0.4 is 0 Å². The molecule has 0 bridgehead atoms. The molecule has 0 fully saturated rings. The second-order valence-corrected chi connectivity index (χ2v) is 6.72. The van der Waals surface area contributed by atoms with E-state index in [1.54, 1.807) is 7.11 Å². The minimum atomic E-state index is -4.01. The molecule has 1 aromatic carbocycles. The van der Waals surface area contributed by atoms with Gasteiger partial charge >= 0.3 is 0 Å². The zero-order chi connectivity index (χ0) is 15.3. The zero-order valence-electron chi connectivity index (χ0n) is 11.1. The van der Waals surface area contributed by atoms with E-state index < -0.39 is 20.8 Å². The molecule has 8 heteroatoms. The van der Waals surface area contributed by atoms with Crippen LogP contribution in [-0.4, -0.2) is 46.5 Å². The maximum atomic E-state index is 13.8. The highest BCUT2D eigenvalue weighted by Crippen LogP contribution is 2.19. The van der Waals surface area contributed by atoms with E-state index in [9.17, 15) is 17.6 Å². The summed E-state index contributed by atoms with van der Waals surface area (Å²) < 4.78 is 40.8. The lowest BCUT2D eigenvalue weighted by atomic mass is 10.2. The van der Waals surface area contributed by atoms with Crippen molar-refractivity contribution in [2.75, 3.05) is 27.3 Å². The molecule has 20 heavy (non-hydrogen) atoms. The van der Waals surface area contributed by atoms with Gasteiger partial charge in [-0.25, -0.2) is 12.8 Å². The summed E-state index contributed by atoms with van der Waals surface area (Å²) in [5, 5.41) is 0. The maximum Gasteiger partial charge on any atom is 0.261 e. The van der Waals surface area contributed by atoms with Crippen molar-refractivity contribution in [3.05, 3.63) is 29.6 Å². The van der Waals surface area contributed by atoms with E-state index in [1.807, 2.05) is 0 Å². The lowest BCUT2D eigenvalue weighted by molar-refractivity contribution is 0.0774. The molecule has 0 radical (unpaired) electrons. The summed E-state index contributed by atoms with van der Waals surface area (Å²) in [4.78, 5) is 12.9. The molecule has 1 rings (SSSR count). The Labute approximate surface area is 121 Å². The largest absolute Gasteiger partial charge is 0.385 e. The molecular formula is C12H15ClFNO4S. The van der Waals surface area contributed by atoms with Gasteiger partial charge in [-0.1, -0.05) is 0 Å². The molecule has 0 aliphatic carbocycles. The highest BCUT2D eigenvalue weighted by molar-refractivity contribution is 8.13. The lowest BCUT2D eigenvalue weighted by Gasteiger charge is -2.17. The minimum absolute atomic E-state index is 0.200. The van der Waals surface area contributed by atoms with Crippen molar-refractivity contribution in [2.24, 2.45) is 0 Å². The van der Waals surface area contributed by atoms with Crippen molar-refractivity contribution in [3.8, 4) is 0 Å². The summed E-state index contributed by atoms with van der Waals surface area (Å²) in [5.74, 6) is -1.45. The molecule has 0 aliphatic rings. The molecule has 0 N–H and O–H groups in total. The van der Waals surface area contributed by atoms with Gasteiger partial charge in [0.25, 0.3) is 15.0 Å². The lowest BCUT2D eigenvalue weighted by Crippen LogP contribution is -2.29. The van der Waals surface area contributed by atoms with Crippen LogP contribution in [0.2, 0.25) is 0 Å². The molecule has 0 atom stereocenters. The van der Waals surface area contributed by atoms with E-state index >= 15 is 0 Å². The number of carbonyl (C=O) groups excluding carboxylic acids is 1. The van der Waals surface area contributed by atoms with Gasteiger partial charge in [-0.2, -0.15) is 0 Å². The number of rotatable bonds is 6. The van der Waals surface area contributed by atoms with Gasteiger partial charge < -0.3 is 9.64 Å². The van der Waals surface area contributed by atoms with Gasteiger partial charge in [-0.15, -0.1) is 0 Å². The van der Waals surface area contributed by atoms with Crippen LogP contribution in [0.3, 0.4) is 0 Å². The van der Waals surface area contributed by atoms with Crippen molar-refractivity contribution in [2.45, 2.75) is 11.3 Å². The van der Waals surface area contributed by atoms with E-state index in [4.69, 9.17) is 15.4 Å². The van der Waals surface area contributed by atoms with Crippen LogP contribution in [0.4, 0.5) is 4.39 Å². The number of hydrogen-bond acceptors (Lipinski definition) is 4. The average Bonchev–Trinajstić information content (AvgIpc) is 2.37. The van der Waals surface area contributed by atoms with Crippen LogP contribution in [-0.2, 0) is 13.8 Å². The van der Waals surface area contributed by atoms with E-state index in [2.05, 4.69) is 0 Å². The number of hydrogen-bond donors (Lipinski definition) is 0. The van der Waals surface area contributed by atoms with Crippen molar-refractivity contribution in [1.82, 2.24) is 4.90 Å². The molecule has 5 nitrogen and oxygen atoms in total. The predicted octanol–water partition coefficient (Wildman–Crippen LogP) is 1.86. The van der Waals surface area contributed by atoms with E-state index in [-0.39, 0.29) is 10.5 Å². The molecule has 1 aromatic rings. The third-order valence-electron chi connectivity index (χ3n) is 2.64. The van der Waals surface area contributed by atoms with Crippen molar-refractivity contribution in [3.63, 3.8) is 0 Å². The minimum Gasteiger partial charge on any atom is -0.385 e. The number of nitrogens with zero attached hydrogens (tertiary/aromatic N) is 1. The standard InChI is InChI=1S/C12H15ClFNO4S/c1-15(6-3-7-19-2)12(16)10-5-4-9(8-11(10)14)20(13,17)18/h4-5,8H,3,6-7H2,1-2H3. The molecule has 0 aliphatic heterocycles. The predicted molar refractivity (Wildman–Crippen MR) is 72.9 cm³/mol. The molecular weight excluding hydrogens is 309 g/mol. The number of amides is 1. The highest BCUT2D eigenvalue weighted by Gasteiger charge is 2.19. The van der Waals surface area contributed by atoms with Crippen molar-refractivity contribution in [1.29, 1.82) is 0 Å². The summed E-state index contributed by atoms with van der Waals surface area (Å²) in [6.45, 7) is 0.894. The first kappa shape index (κ1) is 16.9. The van der Waals surface area contributed by atoms with Crippen LogP contribution in [0.15, 0.2) is 23.1 Å². The third kappa shape index (κ3) is 4.43. The van der Waals surface area contributed by atoms with Gasteiger partial charge in [0, 0.05) is 38.0 Å². The van der Waals surface area contributed by atoms with Gasteiger partial charge in [-0.05, 0) is 24.6 Å². The summed E-state index contributed by atoms with van der Waals surface area (Å²) in [6, 6.07) is 2.94. The number of ether oxygens (including phenoxy) is 1. The maximum absolute atomic E-state index is 13.8. The Bertz CT molecular complexity index is 591. The topological polar surface area (TPSA) is 63.7 Å². The molecule has 112 valence electrons. The molecule has 0 spiro atoms. The molecule has 0 heterocycles. The second kappa shape index (κ2) is 7.01. The van der Waals surface area contributed by atoms with Gasteiger partial charge in [-0.3, -0.25) is 4.79 Å². The van der Waals surface area contributed by atoms with E-state index in [0.29, 0.717) is 19.6 Å². The first-order valence-corrected chi connectivity index (χ1v) is 8.07. The van der Waals surface area contributed by atoms with Gasteiger partial charge in [0.1, 0.15) is 5.82 Å². The van der Waals surface area contributed by atoms with Crippen LogP contribution in [0, 0.1) is 5.82 Å². The quantitative estimate of drug-likeness (QED) is 0.592. The molecule has 0 unspecified atom stereocenters.